The summed E-state index contributed by atoms with van der Waals surface area (Å²) in [4.78, 5) is 24.5. The van der Waals surface area contributed by atoms with Crippen molar-refractivity contribution in [1.82, 2.24) is 5.32 Å². The van der Waals surface area contributed by atoms with Gasteiger partial charge in [-0.2, -0.15) is 0 Å². The van der Waals surface area contributed by atoms with E-state index >= 15 is 0 Å². The summed E-state index contributed by atoms with van der Waals surface area (Å²) < 4.78 is 12.3. The number of rotatable bonds is 15. The van der Waals surface area contributed by atoms with Crippen molar-refractivity contribution in [2.24, 2.45) is 10.1 Å². The maximum atomic E-state index is 14.4. The molecule has 2 atom stereocenters. The smallest absolute Gasteiger partial charge is 0.252 e. The summed E-state index contributed by atoms with van der Waals surface area (Å²) in [5.74, 6) is 0.645. The molecular weight excluding hydrogens is 598 g/mol. The molecule has 0 saturated heterocycles. The average molecular weight is 634 g/mol. The molecule has 0 fully saturated rings. The number of azide groups is 1. The number of aliphatic imine (C=N–C) groups is 1. The molecule has 1 aliphatic rings. The summed E-state index contributed by atoms with van der Waals surface area (Å²) in [6.07, 6.45) is 1.59. The molecule has 234 valence electrons. The zero-order chi connectivity index (χ0) is 32.2. The second kappa shape index (κ2) is 15.8. The minimum Gasteiger partial charge on any atom is -0.494 e. The monoisotopic (exact) mass is 633 g/mol. The van der Waals surface area contributed by atoms with Crippen molar-refractivity contribution in [3.8, 4) is 5.75 Å². The Hall–Kier alpha value is -5.02. The Labute approximate surface area is 272 Å². The normalized spacial score (nSPS) is 16.9. The fourth-order valence-corrected chi connectivity index (χ4v) is 6.21. The fourth-order valence-electron chi connectivity index (χ4n) is 5.25. The number of hydrogen-bond acceptors (Lipinski definition) is 7. The van der Waals surface area contributed by atoms with Crippen LogP contribution in [0.3, 0.4) is 0 Å². The number of benzene rings is 4. The number of ether oxygens (including phenoxy) is 2. The van der Waals surface area contributed by atoms with Gasteiger partial charge in [0.1, 0.15) is 5.75 Å². The number of hydrogen-bond donors (Lipinski definition) is 2. The summed E-state index contributed by atoms with van der Waals surface area (Å²) >= 11 is 1.64. The van der Waals surface area contributed by atoms with E-state index in [9.17, 15) is 4.79 Å². The van der Waals surface area contributed by atoms with E-state index in [4.69, 9.17) is 25.1 Å². The Morgan fingerprint density at radius 3 is 2.50 bits per heavy atom. The summed E-state index contributed by atoms with van der Waals surface area (Å²) in [7, 11) is 0. The summed E-state index contributed by atoms with van der Waals surface area (Å²) in [5, 5.41) is 16.0. The van der Waals surface area contributed by atoms with Gasteiger partial charge in [-0.15, -0.1) is 6.58 Å². The van der Waals surface area contributed by atoms with E-state index in [0.717, 1.165) is 20.9 Å². The largest absolute Gasteiger partial charge is 0.494 e. The van der Waals surface area contributed by atoms with E-state index in [0.29, 0.717) is 35.8 Å². The number of carbonyl (C=O) groups excluding carboxylic acids is 1. The van der Waals surface area contributed by atoms with Gasteiger partial charge >= 0.3 is 0 Å². The molecule has 0 radical (unpaired) electrons. The second-order valence-corrected chi connectivity index (χ2v) is 11.7. The minimum atomic E-state index is -1.39. The standard InChI is InChI=1S/C36H35N5O4S/c1-2-21-36(35(43)38-24-28-12-7-9-16-32(28)46-30-13-4-3-5-14-30)33(31-15-8-6-11-27(31)25-39-41-37)45-34(40-36)26-17-19-29(20-18-26)44-23-10-22-42/h2-9,11-20,33,42H,1,10,21-25H2,(H,38,43)/t33-,36-/m1/s1. The van der Waals surface area contributed by atoms with Crippen LogP contribution >= 0.6 is 11.8 Å². The predicted octanol–water partition coefficient (Wildman–Crippen LogP) is 7.56. The molecule has 1 aliphatic heterocycles. The number of amides is 1. The van der Waals surface area contributed by atoms with Gasteiger partial charge in [0.15, 0.2) is 11.6 Å². The molecule has 0 saturated carbocycles. The van der Waals surface area contributed by atoms with E-state index in [2.05, 4.69) is 34.1 Å². The van der Waals surface area contributed by atoms with Gasteiger partial charge < -0.3 is 19.9 Å². The van der Waals surface area contributed by atoms with Crippen LogP contribution in [0.5, 0.6) is 5.75 Å². The highest BCUT2D eigenvalue weighted by molar-refractivity contribution is 7.99. The summed E-state index contributed by atoms with van der Waals surface area (Å²) in [6.45, 7) is 4.79. The molecule has 5 rings (SSSR count). The SMILES string of the molecule is C=CC[C@@]1(C(=O)NCc2ccccc2Sc2ccccc2)N=C(c2ccc(OCCCO)cc2)O[C@@H]1c1ccccc1CN=[N+]=[N-]. The number of carbonyl (C=O) groups is 1. The van der Waals surface area contributed by atoms with Crippen molar-refractivity contribution in [1.29, 1.82) is 0 Å². The van der Waals surface area contributed by atoms with Crippen LogP contribution in [0.25, 0.3) is 10.4 Å². The third kappa shape index (κ3) is 7.61. The quantitative estimate of drug-likeness (QED) is 0.0459. The highest BCUT2D eigenvalue weighted by Crippen LogP contribution is 2.44. The molecule has 4 aromatic carbocycles. The molecule has 1 heterocycles. The molecule has 0 spiro atoms. The number of aliphatic hydroxyl groups excluding tert-OH is 1. The van der Waals surface area contributed by atoms with E-state index in [-0.39, 0.29) is 32.0 Å². The molecule has 10 heteroatoms. The van der Waals surface area contributed by atoms with E-state index < -0.39 is 11.6 Å². The first kappa shape index (κ1) is 32.4. The Bertz CT molecular complexity index is 1720. The lowest BCUT2D eigenvalue weighted by molar-refractivity contribution is -0.129. The molecule has 1 amide bonds. The molecule has 0 aliphatic carbocycles. The van der Waals surface area contributed by atoms with Crippen molar-refractivity contribution in [3.05, 3.63) is 148 Å². The van der Waals surface area contributed by atoms with Gasteiger partial charge in [0.2, 0.25) is 5.90 Å². The van der Waals surface area contributed by atoms with Crippen molar-refractivity contribution in [3.63, 3.8) is 0 Å². The lowest BCUT2D eigenvalue weighted by Crippen LogP contribution is -2.48. The first-order chi connectivity index (χ1) is 22.6. The van der Waals surface area contributed by atoms with Crippen LogP contribution in [-0.2, 0) is 22.6 Å². The lowest BCUT2D eigenvalue weighted by atomic mass is 9.82. The van der Waals surface area contributed by atoms with Crippen molar-refractivity contribution < 1.29 is 19.4 Å². The second-order valence-electron chi connectivity index (χ2n) is 10.6. The first-order valence-electron chi connectivity index (χ1n) is 15.0. The fraction of sp³-hybridized carbons (Fsp3) is 0.222. The first-order valence-corrected chi connectivity index (χ1v) is 15.8. The van der Waals surface area contributed by atoms with Gasteiger partial charge in [-0.05, 0) is 64.7 Å². The van der Waals surface area contributed by atoms with Crippen LogP contribution in [0, 0.1) is 0 Å². The van der Waals surface area contributed by atoms with Crippen LogP contribution in [0.1, 0.15) is 41.2 Å². The van der Waals surface area contributed by atoms with Crippen molar-refractivity contribution >= 4 is 23.6 Å². The van der Waals surface area contributed by atoms with Crippen LogP contribution in [-0.4, -0.2) is 35.7 Å². The maximum absolute atomic E-state index is 14.4. The number of nitrogens with one attached hydrogen (secondary N) is 1. The average Bonchev–Trinajstić information content (AvgIpc) is 3.48. The van der Waals surface area contributed by atoms with Gasteiger partial charge in [0, 0.05) is 46.3 Å². The molecule has 9 nitrogen and oxygen atoms in total. The van der Waals surface area contributed by atoms with Crippen LogP contribution in [0.15, 0.2) is 136 Å². The van der Waals surface area contributed by atoms with Crippen molar-refractivity contribution in [2.75, 3.05) is 13.2 Å². The summed E-state index contributed by atoms with van der Waals surface area (Å²) in [5.41, 5.74) is 10.7. The van der Waals surface area contributed by atoms with Crippen LogP contribution < -0.4 is 10.1 Å². The van der Waals surface area contributed by atoms with Gasteiger partial charge in [-0.25, -0.2) is 4.99 Å². The minimum absolute atomic E-state index is 0.0518. The predicted molar refractivity (Wildman–Crippen MR) is 180 cm³/mol. The number of aliphatic hydroxyl groups is 1. The van der Waals surface area contributed by atoms with Crippen LogP contribution in [0.4, 0.5) is 0 Å². The molecule has 4 aromatic rings. The highest BCUT2D eigenvalue weighted by atomic mass is 32.2. The topological polar surface area (TPSA) is 129 Å². The summed E-state index contributed by atoms with van der Waals surface area (Å²) in [6, 6.07) is 32.8. The van der Waals surface area contributed by atoms with E-state index in [1.807, 2.05) is 78.9 Å². The Kier molecular flexibility index (Phi) is 11.1. The molecule has 2 N–H and O–H groups in total. The maximum Gasteiger partial charge on any atom is 0.252 e. The molecule has 0 bridgehead atoms. The van der Waals surface area contributed by atoms with Gasteiger partial charge in [-0.1, -0.05) is 83.6 Å². The van der Waals surface area contributed by atoms with Crippen molar-refractivity contribution in [2.45, 2.75) is 47.4 Å². The van der Waals surface area contributed by atoms with Gasteiger partial charge in [-0.3, -0.25) is 4.79 Å². The molecule has 0 unspecified atom stereocenters. The Morgan fingerprint density at radius 2 is 1.76 bits per heavy atom. The van der Waals surface area contributed by atoms with E-state index in [1.165, 1.54) is 0 Å². The molecule has 46 heavy (non-hydrogen) atoms. The Balaban J connectivity index is 1.49. The third-order valence-corrected chi connectivity index (χ3v) is 8.64. The van der Waals surface area contributed by atoms with Crippen LogP contribution in [0.2, 0.25) is 0 Å². The van der Waals surface area contributed by atoms with Gasteiger partial charge in [0.25, 0.3) is 5.91 Å². The zero-order valence-corrected chi connectivity index (χ0v) is 26.1. The third-order valence-electron chi connectivity index (χ3n) is 7.51. The Morgan fingerprint density at radius 1 is 1.04 bits per heavy atom. The van der Waals surface area contributed by atoms with Gasteiger partial charge in [0.05, 0.1) is 13.2 Å². The van der Waals surface area contributed by atoms with E-state index in [1.54, 1.807) is 30.0 Å². The molecule has 0 aromatic heterocycles. The lowest BCUT2D eigenvalue weighted by Gasteiger charge is -2.31. The zero-order valence-electron chi connectivity index (χ0n) is 25.3. The molecular formula is C36H35N5O4S. The highest BCUT2D eigenvalue weighted by Gasteiger charge is 2.52. The number of nitrogens with zero attached hydrogens (tertiary/aromatic N) is 4.